The van der Waals surface area contributed by atoms with Crippen LogP contribution in [0.5, 0.6) is 0 Å². The summed E-state index contributed by atoms with van der Waals surface area (Å²) in [6, 6.07) is 5.00. The van der Waals surface area contributed by atoms with Crippen molar-refractivity contribution in [1.29, 1.82) is 0 Å². The van der Waals surface area contributed by atoms with Crippen LogP contribution in [0.3, 0.4) is 0 Å². The Balaban J connectivity index is 2.26. The summed E-state index contributed by atoms with van der Waals surface area (Å²) in [5.74, 6) is -0.307. The Morgan fingerprint density at radius 2 is 2.12 bits per heavy atom. The number of allylic oxidation sites excluding steroid dienone is 1. The first-order valence-corrected chi connectivity index (χ1v) is 5.81. The predicted octanol–water partition coefficient (Wildman–Crippen LogP) is 3.67. The summed E-state index contributed by atoms with van der Waals surface area (Å²) < 4.78 is 13.7. The Hall–Kier alpha value is -1.15. The predicted molar refractivity (Wildman–Crippen MR) is 62.6 cm³/mol. The van der Waals surface area contributed by atoms with Crippen molar-refractivity contribution in [3.63, 3.8) is 0 Å². The fourth-order valence-electron chi connectivity index (χ4n) is 2.16. The largest absolute Gasteiger partial charge is 0.384 e. The van der Waals surface area contributed by atoms with Crippen LogP contribution in [0.25, 0.3) is 0 Å². The zero-order valence-electron chi connectivity index (χ0n) is 9.54. The second kappa shape index (κ2) is 4.79. The molecule has 1 N–H and O–H groups in total. The molecule has 1 atom stereocenters. The Morgan fingerprint density at radius 1 is 1.31 bits per heavy atom. The van der Waals surface area contributed by atoms with E-state index in [1.165, 1.54) is 12.5 Å². The van der Waals surface area contributed by atoms with E-state index in [0.29, 0.717) is 5.56 Å². The number of halogens is 1. The fourth-order valence-corrected chi connectivity index (χ4v) is 2.16. The van der Waals surface area contributed by atoms with E-state index >= 15 is 0 Å². The Bertz CT molecular complexity index is 409. The molecule has 1 aromatic rings. The molecular formula is C14H17FO. The molecule has 0 spiro atoms. The Morgan fingerprint density at radius 3 is 2.75 bits per heavy atom. The number of aryl methyl sites for hydroxylation is 1. The van der Waals surface area contributed by atoms with Crippen LogP contribution >= 0.6 is 0 Å². The van der Waals surface area contributed by atoms with Gasteiger partial charge < -0.3 is 5.11 Å². The van der Waals surface area contributed by atoms with Crippen molar-refractivity contribution in [3.05, 3.63) is 46.8 Å². The zero-order valence-corrected chi connectivity index (χ0v) is 9.54. The molecule has 0 bridgehead atoms. The van der Waals surface area contributed by atoms with Gasteiger partial charge in [-0.2, -0.15) is 0 Å². The quantitative estimate of drug-likeness (QED) is 0.754. The van der Waals surface area contributed by atoms with Crippen LogP contribution in [0, 0.1) is 12.7 Å². The van der Waals surface area contributed by atoms with E-state index < -0.39 is 6.10 Å². The molecule has 1 aromatic carbocycles. The van der Waals surface area contributed by atoms with E-state index in [1.807, 2.05) is 19.1 Å². The van der Waals surface area contributed by atoms with Crippen LogP contribution in [0.4, 0.5) is 4.39 Å². The molecule has 1 nitrogen and oxygen atoms in total. The van der Waals surface area contributed by atoms with Gasteiger partial charge in [0.1, 0.15) is 11.9 Å². The van der Waals surface area contributed by atoms with Crippen LogP contribution in [0.15, 0.2) is 29.8 Å². The summed E-state index contributed by atoms with van der Waals surface area (Å²) in [6.07, 6.45) is 5.44. The topological polar surface area (TPSA) is 20.2 Å². The first-order valence-electron chi connectivity index (χ1n) is 5.81. The maximum Gasteiger partial charge on any atom is 0.129 e. The summed E-state index contributed by atoms with van der Waals surface area (Å²) in [4.78, 5) is 0. The van der Waals surface area contributed by atoms with E-state index in [-0.39, 0.29) is 5.82 Å². The number of aliphatic hydroxyl groups excluding tert-OH is 1. The van der Waals surface area contributed by atoms with Gasteiger partial charge in [0, 0.05) is 5.56 Å². The molecule has 0 radical (unpaired) electrons. The van der Waals surface area contributed by atoms with Gasteiger partial charge in [0.15, 0.2) is 0 Å². The first kappa shape index (κ1) is 11.3. The Kier molecular flexibility index (Phi) is 3.39. The SMILES string of the molecule is Cc1ccc(C(O)C2=CCCCC2)c(F)c1. The molecule has 1 aliphatic rings. The van der Waals surface area contributed by atoms with Crippen LogP contribution < -0.4 is 0 Å². The van der Waals surface area contributed by atoms with E-state index in [0.717, 1.165) is 30.4 Å². The zero-order chi connectivity index (χ0) is 11.5. The summed E-state index contributed by atoms with van der Waals surface area (Å²) in [7, 11) is 0. The highest BCUT2D eigenvalue weighted by atomic mass is 19.1. The second-order valence-electron chi connectivity index (χ2n) is 4.45. The second-order valence-corrected chi connectivity index (χ2v) is 4.45. The summed E-state index contributed by atoms with van der Waals surface area (Å²) in [5, 5.41) is 10.1. The fraction of sp³-hybridized carbons (Fsp3) is 0.429. The third kappa shape index (κ3) is 2.33. The highest BCUT2D eigenvalue weighted by molar-refractivity contribution is 5.30. The summed E-state index contributed by atoms with van der Waals surface area (Å²) >= 11 is 0. The van der Waals surface area contributed by atoms with Gasteiger partial charge in [-0.25, -0.2) is 4.39 Å². The van der Waals surface area contributed by atoms with Crippen LogP contribution in [0.2, 0.25) is 0 Å². The lowest BCUT2D eigenvalue weighted by molar-refractivity contribution is 0.203. The molecule has 1 unspecified atom stereocenters. The lowest BCUT2D eigenvalue weighted by Gasteiger charge is -2.19. The van der Waals surface area contributed by atoms with Crippen molar-refractivity contribution in [2.24, 2.45) is 0 Å². The standard InChI is InChI=1S/C14H17FO/c1-10-7-8-12(13(15)9-10)14(16)11-5-3-2-4-6-11/h5,7-9,14,16H,2-4,6H2,1H3. The maximum absolute atomic E-state index is 13.7. The minimum absolute atomic E-state index is 0.307. The van der Waals surface area contributed by atoms with Gasteiger partial charge in [0.25, 0.3) is 0 Å². The van der Waals surface area contributed by atoms with Gasteiger partial charge >= 0.3 is 0 Å². The van der Waals surface area contributed by atoms with Gasteiger partial charge in [-0.05, 0) is 49.8 Å². The third-order valence-corrected chi connectivity index (χ3v) is 3.13. The molecule has 0 saturated heterocycles. The monoisotopic (exact) mass is 220 g/mol. The normalized spacial score (nSPS) is 18.1. The molecule has 2 heteroatoms. The molecule has 0 heterocycles. The average Bonchev–Trinajstić information content (AvgIpc) is 2.29. The average molecular weight is 220 g/mol. The minimum atomic E-state index is -0.763. The van der Waals surface area contributed by atoms with Crippen molar-refractivity contribution in [1.82, 2.24) is 0 Å². The van der Waals surface area contributed by atoms with Crippen molar-refractivity contribution in [2.75, 3.05) is 0 Å². The highest BCUT2D eigenvalue weighted by Crippen LogP contribution is 2.31. The molecule has 0 saturated carbocycles. The lowest BCUT2D eigenvalue weighted by atomic mass is 9.91. The molecule has 16 heavy (non-hydrogen) atoms. The van der Waals surface area contributed by atoms with Crippen molar-refractivity contribution in [2.45, 2.75) is 38.7 Å². The molecule has 1 aliphatic carbocycles. The molecule has 0 aromatic heterocycles. The lowest BCUT2D eigenvalue weighted by Crippen LogP contribution is -2.07. The number of hydrogen-bond acceptors (Lipinski definition) is 1. The molecule has 0 amide bonds. The van der Waals surface area contributed by atoms with Gasteiger partial charge in [0.05, 0.1) is 0 Å². The van der Waals surface area contributed by atoms with Crippen molar-refractivity contribution >= 4 is 0 Å². The van der Waals surface area contributed by atoms with Crippen LogP contribution in [0.1, 0.15) is 42.9 Å². The molecular weight excluding hydrogens is 203 g/mol. The molecule has 86 valence electrons. The minimum Gasteiger partial charge on any atom is -0.384 e. The van der Waals surface area contributed by atoms with E-state index in [4.69, 9.17) is 0 Å². The number of benzene rings is 1. The van der Waals surface area contributed by atoms with Gasteiger partial charge in [-0.15, -0.1) is 0 Å². The summed E-state index contributed by atoms with van der Waals surface area (Å²) in [5.41, 5.74) is 2.25. The van der Waals surface area contributed by atoms with Gasteiger partial charge in [-0.1, -0.05) is 18.2 Å². The molecule has 0 aliphatic heterocycles. The molecule has 0 fully saturated rings. The van der Waals surface area contributed by atoms with Gasteiger partial charge in [0.2, 0.25) is 0 Å². The van der Waals surface area contributed by atoms with E-state index in [2.05, 4.69) is 0 Å². The van der Waals surface area contributed by atoms with Gasteiger partial charge in [-0.3, -0.25) is 0 Å². The van der Waals surface area contributed by atoms with Crippen LogP contribution in [-0.2, 0) is 0 Å². The van der Waals surface area contributed by atoms with Crippen molar-refractivity contribution < 1.29 is 9.50 Å². The number of aliphatic hydroxyl groups is 1. The number of hydrogen-bond donors (Lipinski definition) is 1. The number of rotatable bonds is 2. The molecule has 2 rings (SSSR count). The Labute approximate surface area is 95.6 Å². The van der Waals surface area contributed by atoms with Crippen molar-refractivity contribution in [3.8, 4) is 0 Å². The van der Waals surface area contributed by atoms with Crippen LogP contribution in [-0.4, -0.2) is 5.11 Å². The maximum atomic E-state index is 13.7. The highest BCUT2D eigenvalue weighted by Gasteiger charge is 2.18. The third-order valence-electron chi connectivity index (χ3n) is 3.13. The van der Waals surface area contributed by atoms with E-state index in [1.54, 1.807) is 6.07 Å². The summed E-state index contributed by atoms with van der Waals surface area (Å²) in [6.45, 7) is 1.85. The van der Waals surface area contributed by atoms with E-state index in [9.17, 15) is 9.50 Å². The smallest absolute Gasteiger partial charge is 0.129 e. The first-order chi connectivity index (χ1) is 7.68.